The lowest BCUT2D eigenvalue weighted by molar-refractivity contribution is -0.164. The van der Waals surface area contributed by atoms with Crippen LogP contribution in [0.3, 0.4) is 0 Å². The Hall–Kier alpha value is -2.17. The fourth-order valence-corrected chi connectivity index (χ4v) is 2.87. The molecule has 0 aliphatic carbocycles. The van der Waals surface area contributed by atoms with Gasteiger partial charge in [-0.15, -0.1) is 0 Å². The van der Waals surface area contributed by atoms with Gasteiger partial charge in [-0.2, -0.15) is 0 Å². The minimum Gasteiger partial charge on any atom is -0.465 e. The Kier molecular flexibility index (Phi) is 8.89. The number of carbonyl (C=O) groups excluding carboxylic acids is 3. The molecule has 1 unspecified atom stereocenters. The predicted molar refractivity (Wildman–Crippen MR) is 95.1 cm³/mol. The number of esters is 2. The first-order chi connectivity index (χ1) is 11.9. The molecule has 138 valence electrons. The van der Waals surface area contributed by atoms with E-state index >= 15 is 0 Å². The van der Waals surface area contributed by atoms with Crippen LogP contribution < -0.4 is 0 Å². The van der Waals surface area contributed by atoms with Crippen LogP contribution in [-0.4, -0.2) is 30.9 Å². The van der Waals surface area contributed by atoms with Gasteiger partial charge in [0, 0.05) is 12.0 Å². The van der Waals surface area contributed by atoms with E-state index in [9.17, 15) is 14.4 Å². The van der Waals surface area contributed by atoms with E-state index in [0.29, 0.717) is 12.0 Å². The van der Waals surface area contributed by atoms with Gasteiger partial charge in [0.15, 0.2) is 11.7 Å². The van der Waals surface area contributed by atoms with E-state index in [4.69, 9.17) is 9.47 Å². The van der Waals surface area contributed by atoms with Crippen molar-refractivity contribution in [1.29, 1.82) is 0 Å². The van der Waals surface area contributed by atoms with Gasteiger partial charge in [0.05, 0.1) is 13.2 Å². The monoisotopic (exact) mass is 348 g/mol. The summed E-state index contributed by atoms with van der Waals surface area (Å²) in [6.07, 6.45) is 0.658. The maximum absolute atomic E-state index is 12.6. The summed E-state index contributed by atoms with van der Waals surface area (Å²) >= 11 is 0. The van der Waals surface area contributed by atoms with Crippen molar-refractivity contribution in [1.82, 2.24) is 0 Å². The molecule has 1 aromatic carbocycles. The molecule has 0 amide bonds. The van der Waals surface area contributed by atoms with Crippen molar-refractivity contribution < 1.29 is 23.9 Å². The quantitative estimate of drug-likeness (QED) is 0.367. The third kappa shape index (κ3) is 6.69. The summed E-state index contributed by atoms with van der Waals surface area (Å²) in [6.45, 7) is 7.71. The van der Waals surface area contributed by atoms with Gasteiger partial charge in [0.25, 0.3) is 0 Å². The molecule has 0 bridgehead atoms. The summed E-state index contributed by atoms with van der Waals surface area (Å²) in [7, 11) is 0. The third-order valence-corrected chi connectivity index (χ3v) is 3.87. The Morgan fingerprint density at radius 1 is 0.920 bits per heavy atom. The van der Waals surface area contributed by atoms with Gasteiger partial charge in [-0.25, -0.2) is 0 Å². The molecule has 1 atom stereocenters. The zero-order chi connectivity index (χ0) is 18.8. The van der Waals surface area contributed by atoms with Crippen LogP contribution in [0.15, 0.2) is 30.3 Å². The van der Waals surface area contributed by atoms with Crippen molar-refractivity contribution in [2.45, 2.75) is 40.5 Å². The number of benzene rings is 1. The summed E-state index contributed by atoms with van der Waals surface area (Å²) in [5.41, 5.74) is 0.572. The predicted octanol–water partition coefficient (Wildman–Crippen LogP) is 3.66. The maximum Gasteiger partial charge on any atom is 0.320 e. The smallest absolute Gasteiger partial charge is 0.320 e. The first-order valence-corrected chi connectivity index (χ1v) is 8.82. The van der Waals surface area contributed by atoms with Gasteiger partial charge in [-0.3, -0.25) is 14.4 Å². The normalized spacial score (nSPS) is 12.1. The van der Waals surface area contributed by atoms with Crippen molar-refractivity contribution in [3.63, 3.8) is 0 Å². The highest BCUT2D eigenvalue weighted by Crippen LogP contribution is 2.28. The Balaban J connectivity index is 3.07. The van der Waals surface area contributed by atoms with Crippen molar-refractivity contribution in [3.05, 3.63) is 35.9 Å². The Morgan fingerprint density at radius 2 is 1.44 bits per heavy atom. The van der Waals surface area contributed by atoms with Gasteiger partial charge in [-0.1, -0.05) is 44.2 Å². The summed E-state index contributed by atoms with van der Waals surface area (Å²) in [5.74, 6) is -2.63. The number of hydrogen-bond donors (Lipinski definition) is 0. The van der Waals surface area contributed by atoms with Crippen molar-refractivity contribution >= 4 is 17.7 Å². The minimum absolute atomic E-state index is 0.0927. The van der Waals surface area contributed by atoms with Crippen LogP contribution in [0.4, 0.5) is 0 Å². The number of hydrogen-bond acceptors (Lipinski definition) is 5. The molecule has 0 fully saturated rings. The van der Waals surface area contributed by atoms with E-state index in [-0.39, 0.29) is 31.3 Å². The molecule has 1 rings (SSSR count). The van der Waals surface area contributed by atoms with Crippen LogP contribution >= 0.6 is 0 Å². The van der Waals surface area contributed by atoms with Crippen LogP contribution in [0, 0.1) is 17.8 Å². The average molecular weight is 348 g/mol. The summed E-state index contributed by atoms with van der Waals surface area (Å²) in [6, 6.07) is 8.89. The zero-order valence-electron chi connectivity index (χ0n) is 15.5. The van der Waals surface area contributed by atoms with E-state index in [1.807, 2.05) is 19.9 Å². The molecular weight excluding hydrogens is 320 g/mol. The molecule has 0 radical (unpaired) electrons. The fraction of sp³-hybridized carbons (Fsp3) is 0.550. The summed E-state index contributed by atoms with van der Waals surface area (Å²) < 4.78 is 10.1. The topological polar surface area (TPSA) is 69.7 Å². The molecule has 25 heavy (non-hydrogen) atoms. The largest absolute Gasteiger partial charge is 0.465 e. The fourth-order valence-electron chi connectivity index (χ4n) is 2.87. The highest BCUT2D eigenvalue weighted by molar-refractivity contribution is 5.99. The van der Waals surface area contributed by atoms with Crippen LogP contribution in [0.1, 0.15) is 50.9 Å². The van der Waals surface area contributed by atoms with Gasteiger partial charge >= 0.3 is 11.9 Å². The van der Waals surface area contributed by atoms with Crippen LogP contribution in [0.25, 0.3) is 0 Å². The molecule has 0 heterocycles. The molecule has 0 N–H and O–H groups in total. The molecule has 0 saturated heterocycles. The molecule has 0 aliphatic heterocycles. The Morgan fingerprint density at radius 3 is 1.88 bits per heavy atom. The van der Waals surface area contributed by atoms with Crippen molar-refractivity contribution in [2.75, 3.05) is 13.2 Å². The lowest BCUT2D eigenvalue weighted by atomic mass is 9.81. The van der Waals surface area contributed by atoms with Crippen molar-refractivity contribution in [2.24, 2.45) is 17.8 Å². The number of rotatable bonds is 10. The highest BCUT2D eigenvalue weighted by Gasteiger charge is 2.38. The second-order valence-corrected chi connectivity index (χ2v) is 6.36. The van der Waals surface area contributed by atoms with Crippen LogP contribution in [0.5, 0.6) is 0 Å². The zero-order valence-corrected chi connectivity index (χ0v) is 15.5. The van der Waals surface area contributed by atoms with Gasteiger partial charge < -0.3 is 9.47 Å². The van der Waals surface area contributed by atoms with E-state index in [0.717, 1.165) is 0 Å². The summed E-state index contributed by atoms with van der Waals surface area (Å²) in [4.78, 5) is 37.3. The molecule has 0 spiro atoms. The van der Waals surface area contributed by atoms with Gasteiger partial charge in [0.2, 0.25) is 0 Å². The lowest BCUT2D eigenvalue weighted by Crippen LogP contribution is -2.36. The standard InChI is InChI=1S/C20H28O5/c1-5-24-19(22)18(20(23)25-6-2)16(12-14(3)4)13-17(21)15-10-8-7-9-11-15/h7-11,14,16,18H,5-6,12-13H2,1-4H3. The number of ether oxygens (including phenoxy) is 2. The Bertz CT molecular complexity index is 547. The molecule has 1 aromatic rings. The molecule has 5 heteroatoms. The first-order valence-electron chi connectivity index (χ1n) is 8.82. The highest BCUT2D eigenvalue weighted by atomic mass is 16.6. The molecule has 0 saturated carbocycles. The lowest BCUT2D eigenvalue weighted by Gasteiger charge is -2.25. The summed E-state index contributed by atoms with van der Waals surface area (Å²) in [5, 5.41) is 0. The second kappa shape index (κ2) is 10.6. The molecule has 0 aromatic heterocycles. The first kappa shape index (κ1) is 20.9. The van der Waals surface area contributed by atoms with Gasteiger partial charge in [0.1, 0.15) is 0 Å². The second-order valence-electron chi connectivity index (χ2n) is 6.36. The van der Waals surface area contributed by atoms with Gasteiger partial charge in [-0.05, 0) is 32.1 Å². The minimum atomic E-state index is -1.07. The van der Waals surface area contributed by atoms with E-state index in [1.165, 1.54) is 0 Å². The van der Waals surface area contributed by atoms with E-state index in [2.05, 4.69) is 0 Å². The number of Topliss-reactive ketones (excluding diaryl/α,β-unsaturated/α-hetero) is 1. The SMILES string of the molecule is CCOC(=O)C(C(=O)OCC)C(CC(=O)c1ccccc1)CC(C)C. The van der Waals surface area contributed by atoms with Crippen molar-refractivity contribution in [3.8, 4) is 0 Å². The average Bonchev–Trinajstić information content (AvgIpc) is 2.55. The maximum atomic E-state index is 12.6. The number of ketones is 1. The van der Waals surface area contributed by atoms with Crippen LogP contribution in [-0.2, 0) is 19.1 Å². The van der Waals surface area contributed by atoms with Crippen LogP contribution in [0.2, 0.25) is 0 Å². The van der Waals surface area contributed by atoms with E-state index < -0.39 is 23.8 Å². The Labute approximate surface area is 149 Å². The molecule has 0 aliphatic rings. The van der Waals surface area contributed by atoms with E-state index in [1.54, 1.807) is 38.1 Å². The third-order valence-electron chi connectivity index (χ3n) is 3.87. The number of carbonyl (C=O) groups is 3. The molecular formula is C20H28O5. The molecule has 5 nitrogen and oxygen atoms in total.